The van der Waals surface area contributed by atoms with Crippen LogP contribution in [0.4, 0.5) is 0 Å². The number of rotatable bonds is 10. The molecule has 6 heteroatoms. The lowest BCUT2D eigenvalue weighted by molar-refractivity contribution is 0.282. The molecule has 0 aliphatic carbocycles. The quantitative estimate of drug-likeness (QED) is 0.445. The van der Waals surface area contributed by atoms with Crippen molar-refractivity contribution >= 4 is 15.9 Å². The Balaban J connectivity index is 1.54. The molecule has 0 atom stereocenters. The van der Waals surface area contributed by atoms with Gasteiger partial charge >= 0.3 is 0 Å². The summed E-state index contributed by atoms with van der Waals surface area (Å²) in [4.78, 5) is 4.11. The molecule has 5 nitrogen and oxygen atoms in total. The van der Waals surface area contributed by atoms with Gasteiger partial charge in [0.05, 0.1) is 18.7 Å². The number of methoxy groups -OCH3 is 2. The number of aromatic nitrogens is 1. The molecule has 0 amide bonds. The summed E-state index contributed by atoms with van der Waals surface area (Å²) in [6.45, 7) is 2.06. The van der Waals surface area contributed by atoms with Crippen LogP contribution in [0.25, 0.3) is 0 Å². The van der Waals surface area contributed by atoms with E-state index in [1.807, 2.05) is 30.3 Å². The molecule has 0 fully saturated rings. The molecule has 0 aliphatic rings. The average molecular weight is 457 g/mol. The fourth-order valence-corrected chi connectivity index (χ4v) is 3.52. The van der Waals surface area contributed by atoms with Gasteiger partial charge in [0.15, 0.2) is 11.5 Å². The molecule has 2 aromatic carbocycles. The summed E-state index contributed by atoms with van der Waals surface area (Å²) in [5, 5.41) is 3.48. The summed E-state index contributed by atoms with van der Waals surface area (Å²) in [6.07, 6.45) is 4.49. The van der Waals surface area contributed by atoms with E-state index in [0.717, 1.165) is 40.9 Å². The molecule has 1 N–H and O–H groups in total. The fraction of sp³-hybridized carbons (Fsp3) is 0.261. The van der Waals surface area contributed by atoms with Gasteiger partial charge in [0, 0.05) is 24.5 Å². The van der Waals surface area contributed by atoms with Gasteiger partial charge < -0.3 is 19.5 Å². The Morgan fingerprint density at radius 3 is 2.48 bits per heavy atom. The predicted octanol–water partition coefficient (Wildman–Crippen LogP) is 4.77. The molecule has 29 heavy (non-hydrogen) atoms. The lowest BCUT2D eigenvalue weighted by Gasteiger charge is -2.15. The number of nitrogens with one attached hydrogen (secondary N) is 1. The molecule has 0 aliphatic heterocycles. The highest BCUT2D eigenvalue weighted by Crippen LogP contribution is 2.37. The number of hydrogen-bond donors (Lipinski definition) is 1. The summed E-state index contributed by atoms with van der Waals surface area (Å²) >= 11 is 3.61. The van der Waals surface area contributed by atoms with Crippen LogP contribution in [0.2, 0.25) is 0 Å². The van der Waals surface area contributed by atoms with Crippen molar-refractivity contribution in [2.45, 2.75) is 19.6 Å². The monoisotopic (exact) mass is 456 g/mol. The SMILES string of the molecule is COc1ccc(CCNCc2cc(Br)c(OCc3cccnc3)c(OC)c2)cc1. The number of halogens is 1. The van der Waals surface area contributed by atoms with E-state index in [4.69, 9.17) is 14.2 Å². The highest BCUT2D eigenvalue weighted by Gasteiger charge is 2.12. The maximum atomic E-state index is 5.96. The molecule has 1 heterocycles. The molecule has 0 radical (unpaired) electrons. The Labute approximate surface area is 180 Å². The van der Waals surface area contributed by atoms with E-state index in [-0.39, 0.29) is 0 Å². The Hall–Kier alpha value is -2.57. The van der Waals surface area contributed by atoms with Crippen molar-refractivity contribution in [2.24, 2.45) is 0 Å². The van der Waals surface area contributed by atoms with Gasteiger partial charge in [0.1, 0.15) is 12.4 Å². The van der Waals surface area contributed by atoms with Gasteiger partial charge in [-0.2, -0.15) is 0 Å². The summed E-state index contributed by atoms with van der Waals surface area (Å²) in [7, 11) is 3.33. The molecule has 3 aromatic rings. The van der Waals surface area contributed by atoms with E-state index in [2.05, 4.69) is 44.4 Å². The second kappa shape index (κ2) is 10.8. The number of ether oxygens (including phenoxy) is 3. The lowest BCUT2D eigenvalue weighted by Crippen LogP contribution is -2.16. The fourth-order valence-electron chi connectivity index (χ4n) is 2.91. The summed E-state index contributed by atoms with van der Waals surface area (Å²) in [6, 6.07) is 16.1. The maximum Gasteiger partial charge on any atom is 0.175 e. The van der Waals surface area contributed by atoms with Crippen molar-refractivity contribution < 1.29 is 14.2 Å². The summed E-state index contributed by atoms with van der Waals surface area (Å²) < 4.78 is 17.6. The van der Waals surface area contributed by atoms with Crippen LogP contribution < -0.4 is 19.5 Å². The number of nitrogens with zero attached hydrogens (tertiary/aromatic N) is 1. The van der Waals surface area contributed by atoms with Gasteiger partial charge in [0.2, 0.25) is 0 Å². The third-order valence-corrected chi connectivity index (χ3v) is 5.06. The Morgan fingerprint density at radius 2 is 1.79 bits per heavy atom. The largest absolute Gasteiger partial charge is 0.497 e. The van der Waals surface area contributed by atoms with Gasteiger partial charge in [-0.05, 0) is 70.4 Å². The van der Waals surface area contributed by atoms with E-state index < -0.39 is 0 Å². The van der Waals surface area contributed by atoms with Crippen molar-refractivity contribution in [3.05, 3.63) is 82.1 Å². The van der Waals surface area contributed by atoms with Crippen LogP contribution in [0.1, 0.15) is 16.7 Å². The van der Waals surface area contributed by atoms with Crippen LogP contribution in [-0.4, -0.2) is 25.7 Å². The Kier molecular flexibility index (Phi) is 7.90. The number of hydrogen-bond acceptors (Lipinski definition) is 5. The number of benzene rings is 2. The summed E-state index contributed by atoms with van der Waals surface area (Å²) in [5.74, 6) is 2.28. The van der Waals surface area contributed by atoms with E-state index in [1.165, 1.54) is 5.56 Å². The molecule has 152 valence electrons. The minimum Gasteiger partial charge on any atom is -0.497 e. The molecule has 0 saturated carbocycles. The molecular weight excluding hydrogens is 432 g/mol. The third-order valence-electron chi connectivity index (χ3n) is 4.47. The van der Waals surface area contributed by atoms with Gasteiger partial charge in [-0.3, -0.25) is 4.98 Å². The molecule has 3 rings (SSSR count). The van der Waals surface area contributed by atoms with E-state index in [1.54, 1.807) is 26.6 Å². The zero-order chi connectivity index (χ0) is 20.5. The molecule has 1 aromatic heterocycles. The first-order valence-corrected chi connectivity index (χ1v) is 10.2. The smallest absolute Gasteiger partial charge is 0.175 e. The van der Waals surface area contributed by atoms with Crippen LogP contribution in [-0.2, 0) is 19.6 Å². The average Bonchev–Trinajstić information content (AvgIpc) is 2.76. The molecule has 0 spiro atoms. The van der Waals surface area contributed by atoms with Crippen molar-refractivity contribution in [3.63, 3.8) is 0 Å². The Morgan fingerprint density at radius 1 is 0.966 bits per heavy atom. The molecule has 0 saturated heterocycles. The highest BCUT2D eigenvalue weighted by atomic mass is 79.9. The Bertz CT molecular complexity index is 902. The van der Waals surface area contributed by atoms with Crippen molar-refractivity contribution in [2.75, 3.05) is 20.8 Å². The van der Waals surface area contributed by atoms with Gasteiger partial charge in [0.25, 0.3) is 0 Å². The third kappa shape index (κ3) is 6.21. The zero-order valence-electron chi connectivity index (χ0n) is 16.7. The van der Waals surface area contributed by atoms with Crippen molar-refractivity contribution in [1.82, 2.24) is 10.3 Å². The number of pyridine rings is 1. The van der Waals surface area contributed by atoms with Crippen molar-refractivity contribution in [3.8, 4) is 17.2 Å². The molecule has 0 bridgehead atoms. The topological polar surface area (TPSA) is 52.6 Å². The lowest BCUT2D eigenvalue weighted by atomic mass is 10.1. The first-order chi connectivity index (χ1) is 14.2. The van der Waals surface area contributed by atoms with Crippen LogP contribution in [0, 0.1) is 0 Å². The second-order valence-electron chi connectivity index (χ2n) is 6.53. The van der Waals surface area contributed by atoms with Crippen LogP contribution in [0.5, 0.6) is 17.2 Å². The molecule has 0 unspecified atom stereocenters. The van der Waals surface area contributed by atoms with Gasteiger partial charge in [-0.25, -0.2) is 0 Å². The maximum absolute atomic E-state index is 5.96. The normalized spacial score (nSPS) is 10.6. The van der Waals surface area contributed by atoms with Gasteiger partial charge in [-0.1, -0.05) is 18.2 Å². The van der Waals surface area contributed by atoms with E-state index >= 15 is 0 Å². The highest BCUT2D eigenvalue weighted by molar-refractivity contribution is 9.10. The first kappa shape index (κ1) is 21.1. The van der Waals surface area contributed by atoms with E-state index in [0.29, 0.717) is 18.1 Å². The van der Waals surface area contributed by atoms with Crippen LogP contribution in [0.15, 0.2) is 65.4 Å². The standard InChI is InChI=1S/C23H25BrN2O3/c1-27-20-7-5-17(6-8-20)9-11-26-15-19-12-21(24)23(22(13-19)28-2)29-16-18-4-3-10-25-14-18/h3-8,10,12-14,26H,9,11,15-16H2,1-2H3. The van der Waals surface area contributed by atoms with E-state index in [9.17, 15) is 0 Å². The van der Waals surface area contributed by atoms with Gasteiger partial charge in [-0.15, -0.1) is 0 Å². The van der Waals surface area contributed by atoms with Crippen LogP contribution >= 0.6 is 15.9 Å². The zero-order valence-corrected chi connectivity index (χ0v) is 18.2. The minimum atomic E-state index is 0.433. The van der Waals surface area contributed by atoms with Crippen LogP contribution in [0.3, 0.4) is 0 Å². The predicted molar refractivity (Wildman–Crippen MR) is 118 cm³/mol. The second-order valence-corrected chi connectivity index (χ2v) is 7.39. The minimum absolute atomic E-state index is 0.433. The molecular formula is C23H25BrN2O3. The summed E-state index contributed by atoms with van der Waals surface area (Å²) in [5.41, 5.74) is 3.40. The first-order valence-electron chi connectivity index (χ1n) is 9.41. The van der Waals surface area contributed by atoms with Crippen molar-refractivity contribution in [1.29, 1.82) is 0 Å².